The SMILES string of the molecule is Cc1ccc(NC(=O)C(C)Sc2nnc(COc3ccc(C(C)(C)C)cc3)n2N)cc1. The number of aryl methyl sites for hydroxylation is 1. The lowest BCUT2D eigenvalue weighted by atomic mass is 9.87. The van der Waals surface area contributed by atoms with Crippen LogP contribution in [0.3, 0.4) is 0 Å². The molecule has 31 heavy (non-hydrogen) atoms. The van der Waals surface area contributed by atoms with Gasteiger partial charge >= 0.3 is 0 Å². The van der Waals surface area contributed by atoms with Gasteiger partial charge in [-0.05, 0) is 49.1 Å². The Morgan fingerprint density at radius 1 is 1.13 bits per heavy atom. The molecule has 164 valence electrons. The molecule has 1 atom stereocenters. The van der Waals surface area contributed by atoms with E-state index < -0.39 is 5.25 Å². The predicted octanol–water partition coefficient (Wildman–Crippen LogP) is 4.30. The van der Waals surface area contributed by atoms with Crippen molar-refractivity contribution in [3.8, 4) is 5.75 Å². The molecule has 1 aromatic heterocycles. The van der Waals surface area contributed by atoms with Gasteiger partial charge in [-0.2, -0.15) is 0 Å². The van der Waals surface area contributed by atoms with Crippen LogP contribution in [0, 0.1) is 6.92 Å². The van der Waals surface area contributed by atoms with Crippen LogP contribution in [0.2, 0.25) is 0 Å². The third-order valence-electron chi connectivity index (χ3n) is 4.79. The van der Waals surface area contributed by atoms with E-state index in [4.69, 9.17) is 10.6 Å². The molecule has 0 aliphatic heterocycles. The van der Waals surface area contributed by atoms with Crippen molar-refractivity contribution in [3.05, 3.63) is 65.5 Å². The standard InChI is InChI=1S/C23H29N5O2S/c1-15-6-10-18(11-7-15)25-21(29)16(2)31-22-27-26-20(28(22)24)14-30-19-12-8-17(9-13-19)23(3,4)5/h6-13,16H,14,24H2,1-5H3,(H,25,29). The van der Waals surface area contributed by atoms with E-state index in [1.54, 1.807) is 6.92 Å². The first-order valence-corrected chi connectivity index (χ1v) is 11.0. The lowest BCUT2D eigenvalue weighted by Crippen LogP contribution is -2.24. The second kappa shape index (κ2) is 9.43. The third kappa shape index (κ3) is 6.01. The number of carbonyl (C=O) groups is 1. The van der Waals surface area contributed by atoms with Gasteiger partial charge < -0.3 is 15.9 Å². The van der Waals surface area contributed by atoms with Crippen LogP contribution in [-0.4, -0.2) is 26.0 Å². The van der Waals surface area contributed by atoms with Gasteiger partial charge in [-0.15, -0.1) is 10.2 Å². The lowest BCUT2D eigenvalue weighted by Gasteiger charge is -2.19. The first-order chi connectivity index (χ1) is 14.6. The van der Waals surface area contributed by atoms with E-state index >= 15 is 0 Å². The Balaban J connectivity index is 1.56. The number of benzene rings is 2. The smallest absolute Gasteiger partial charge is 0.237 e. The molecule has 7 nitrogen and oxygen atoms in total. The Hall–Kier alpha value is -3.00. The van der Waals surface area contributed by atoms with Gasteiger partial charge in [0.05, 0.1) is 5.25 Å². The summed E-state index contributed by atoms with van der Waals surface area (Å²) in [5, 5.41) is 11.2. The van der Waals surface area contributed by atoms with Crippen molar-refractivity contribution in [2.24, 2.45) is 0 Å². The molecule has 3 aromatic rings. The van der Waals surface area contributed by atoms with Crippen LogP contribution in [0.1, 0.15) is 44.6 Å². The molecule has 0 spiro atoms. The number of nitrogen functional groups attached to an aromatic ring is 1. The molecule has 1 amide bonds. The van der Waals surface area contributed by atoms with Crippen LogP contribution >= 0.6 is 11.8 Å². The third-order valence-corrected chi connectivity index (χ3v) is 5.85. The summed E-state index contributed by atoms with van der Waals surface area (Å²) < 4.78 is 7.17. The highest BCUT2D eigenvalue weighted by Crippen LogP contribution is 2.25. The Bertz CT molecular complexity index is 1020. The van der Waals surface area contributed by atoms with Gasteiger partial charge in [-0.1, -0.05) is 62.4 Å². The number of hydrogen-bond acceptors (Lipinski definition) is 6. The van der Waals surface area contributed by atoms with Crippen LogP contribution in [0.15, 0.2) is 53.7 Å². The number of rotatable bonds is 7. The molecular weight excluding hydrogens is 410 g/mol. The molecule has 1 unspecified atom stereocenters. The summed E-state index contributed by atoms with van der Waals surface area (Å²) in [6.45, 7) is 10.5. The first-order valence-electron chi connectivity index (χ1n) is 10.1. The van der Waals surface area contributed by atoms with E-state index in [1.807, 2.05) is 43.3 Å². The van der Waals surface area contributed by atoms with Crippen molar-refractivity contribution >= 4 is 23.4 Å². The number of thioether (sulfide) groups is 1. The zero-order valence-corrected chi connectivity index (χ0v) is 19.4. The van der Waals surface area contributed by atoms with E-state index in [9.17, 15) is 4.79 Å². The van der Waals surface area contributed by atoms with E-state index in [0.29, 0.717) is 11.0 Å². The Labute approximate surface area is 187 Å². The second-order valence-corrected chi connectivity index (χ2v) is 9.76. The summed E-state index contributed by atoms with van der Waals surface area (Å²) in [5.74, 6) is 7.21. The first kappa shape index (κ1) is 22.7. The topological polar surface area (TPSA) is 95.1 Å². The van der Waals surface area contributed by atoms with Gasteiger partial charge in [0.1, 0.15) is 12.4 Å². The zero-order chi connectivity index (χ0) is 22.6. The summed E-state index contributed by atoms with van der Waals surface area (Å²) in [6.07, 6.45) is 0. The molecule has 3 N–H and O–H groups in total. The maximum absolute atomic E-state index is 12.5. The highest BCUT2D eigenvalue weighted by molar-refractivity contribution is 8.00. The van der Waals surface area contributed by atoms with E-state index in [-0.39, 0.29) is 17.9 Å². The molecule has 1 heterocycles. The molecule has 2 aromatic carbocycles. The molecule has 0 saturated heterocycles. The predicted molar refractivity (Wildman–Crippen MR) is 125 cm³/mol. The quantitative estimate of drug-likeness (QED) is 0.421. The van der Waals surface area contributed by atoms with Crippen molar-refractivity contribution in [1.82, 2.24) is 14.9 Å². The minimum atomic E-state index is -0.397. The summed E-state index contributed by atoms with van der Waals surface area (Å²) in [6, 6.07) is 15.6. The van der Waals surface area contributed by atoms with Gasteiger partial charge in [0.15, 0.2) is 5.82 Å². The van der Waals surface area contributed by atoms with Gasteiger partial charge in [0.25, 0.3) is 0 Å². The van der Waals surface area contributed by atoms with E-state index in [1.165, 1.54) is 22.0 Å². The number of anilines is 1. The molecule has 0 aliphatic carbocycles. The fraction of sp³-hybridized carbons (Fsp3) is 0.348. The van der Waals surface area contributed by atoms with Crippen LogP contribution in [0.25, 0.3) is 0 Å². The van der Waals surface area contributed by atoms with Crippen molar-refractivity contribution in [3.63, 3.8) is 0 Å². The molecule has 0 fully saturated rings. The Morgan fingerprint density at radius 3 is 2.39 bits per heavy atom. The second-order valence-electron chi connectivity index (χ2n) is 8.45. The summed E-state index contributed by atoms with van der Waals surface area (Å²) in [5.41, 5.74) is 3.21. The van der Waals surface area contributed by atoms with Gasteiger partial charge in [0, 0.05) is 5.69 Å². The maximum Gasteiger partial charge on any atom is 0.237 e. The summed E-state index contributed by atoms with van der Waals surface area (Å²) in [4.78, 5) is 12.5. The largest absolute Gasteiger partial charge is 0.486 e. The lowest BCUT2D eigenvalue weighted by molar-refractivity contribution is -0.115. The highest BCUT2D eigenvalue weighted by Gasteiger charge is 2.20. The van der Waals surface area contributed by atoms with Gasteiger partial charge in [0.2, 0.25) is 11.1 Å². The average molecular weight is 440 g/mol. The molecule has 8 heteroatoms. The van der Waals surface area contributed by atoms with E-state index in [2.05, 4.69) is 48.4 Å². The number of amides is 1. The monoisotopic (exact) mass is 439 g/mol. The maximum atomic E-state index is 12.5. The van der Waals surface area contributed by atoms with Crippen LogP contribution in [0.4, 0.5) is 5.69 Å². The van der Waals surface area contributed by atoms with Crippen molar-refractivity contribution < 1.29 is 9.53 Å². The van der Waals surface area contributed by atoms with E-state index in [0.717, 1.165) is 17.0 Å². The Kier molecular flexibility index (Phi) is 6.90. The molecule has 0 bridgehead atoms. The normalized spacial score (nSPS) is 12.4. The number of aromatic nitrogens is 3. The average Bonchev–Trinajstić information content (AvgIpc) is 3.07. The number of carbonyl (C=O) groups excluding carboxylic acids is 1. The molecule has 3 rings (SSSR count). The van der Waals surface area contributed by atoms with Gasteiger partial charge in [-0.25, -0.2) is 4.68 Å². The van der Waals surface area contributed by atoms with Crippen molar-refractivity contribution in [2.75, 3.05) is 11.2 Å². The minimum Gasteiger partial charge on any atom is -0.486 e. The number of nitrogens with one attached hydrogen (secondary N) is 1. The Morgan fingerprint density at radius 2 is 1.77 bits per heavy atom. The molecular formula is C23H29N5O2S. The number of hydrogen-bond donors (Lipinski definition) is 2. The zero-order valence-electron chi connectivity index (χ0n) is 18.5. The van der Waals surface area contributed by atoms with Crippen LogP contribution in [0.5, 0.6) is 5.75 Å². The molecule has 0 saturated carbocycles. The van der Waals surface area contributed by atoms with Crippen molar-refractivity contribution in [2.45, 2.75) is 57.0 Å². The fourth-order valence-corrected chi connectivity index (χ4v) is 3.57. The molecule has 0 radical (unpaired) electrons. The van der Waals surface area contributed by atoms with Crippen LogP contribution < -0.4 is 15.9 Å². The summed E-state index contributed by atoms with van der Waals surface area (Å²) in [7, 11) is 0. The summed E-state index contributed by atoms with van der Waals surface area (Å²) >= 11 is 1.24. The van der Waals surface area contributed by atoms with Gasteiger partial charge in [-0.3, -0.25) is 4.79 Å². The number of nitrogens with two attached hydrogens (primary N) is 1. The van der Waals surface area contributed by atoms with Crippen LogP contribution in [-0.2, 0) is 16.8 Å². The highest BCUT2D eigenvalue weighted by atomic mass is 32.2. The molecule has 0 aliphatic rings. The van der Waals surface area contributed by atoms with Crippen molar-refractivity contribution in [1.29, 1.82) is 0 Å². The number of ether oxygens (including phenoxy) is 1. The number of nitrogens with zero attached hydrogens (tertiary/aromatic N) is 3. The minimum absolute atomic E-state index is 0.0878. The fourth-order valence-electron chi connectivity index (χ4n) is 2.78.